The molecular weight excluding hydrogens is 270 g/mol. The van der Waals surface area contributed by atoms with Gasteiger partial charge in [-0.25, -0.2) is 0 Å². The van der Waals surface area contributed by atoms with Crippen LogP contribution in [0.1, 0.15) is 20.3 Å². The molecule has 0 aliphatic carbocycles. The summed E-state index contributed by atoms with van der Waals surface area (Å²) in [6.07, 6.45) is 0.456. The van der Waals surface area contributed by atoms with Gasteiger partial charge in [-0.15, -0.1) is 0 Å². The Morgan fingerprint density at radius 2 is 1.76 bits per heavy atom. The van der Waals surface area contributed by atoms with E-state index in [4.69, 9.17) is 14.2 Å². The zero-order valence-electron chi connectivity index (χ0n) is 13.0. The molecule has 0 heterocycles. The summed E-state index contributed by atoms with van der Waals surface area (Å²) in [5, 5.41) is 12.9. The Bertz CT molecular complexity index is 356. The Morgan fingerprint density at radius 3 is 2.43 bits per heavy atom. The lowest BCUT2D eigenvalue weighted by molar-refractivity contribution is 0.0103. The van der Waals surface area contributed by atoms with Gasteiger partial charge in [-0.3, -0.25) is 0 Å². The van der Waals surface area contributed by atoms with E-state index in [-0.39, 0.29) is 0 Å². The second-order valence-electron chi connectivity index (χ2n) is 4.68. The summed E-state index contributed by atoms with van der Waals surface area (Å²) in [6, 6.07) is 7.72. The van der Waals surface area contributed by atoms with Crippen LogP contribution in [-0.4, -0.2) is 50.8 Å². The van der Waals surface area contributed by atoms with Crippen LogP contribution in [0.2, 0.25) is 0 Å². The van der Waals surface area contributed by atoms with Gasteiger partial charge < -0.3 is 24.6 Å². The van der Waals surface area contributed by atoms with E-state index in [0.717, 1.165) is 24.5 Å². The predicted octanol–water partition coefficient (Wildman–Crippen LogP) is 2.30. The highest BCUT2D eigenvalue weighted by atomic mass is 16.5. The van der Waals surface area contributed by atoms with E-state index in [2.05, 4.69) is 12.2 Å². The molecule has 5 nitrogen and oxygen atoms in total. The second kappa shape index (κ2) is 11.4. The third kappa shape index (κ3) is 8.55. The molecule has 0 radical (unpaired) electrons. The average molecular weight is 297 g/mol. The number of hydrogen-bond donors (Lipinski definition) is 2. The van der Waals surface area contributed by atoms with Crippen molar-refractivity contribution in [3.63, 3.8) is 0 Å². The molecule has 0 saturated heterocycles. The van der Waals surface area contributed by atoms with E-state index in [1.54, 1.807) is 0 Å². The van der Waals surface area contributed by atoms with Gasteiger partial charge in [0.25, 0.3) is 0 Å². The van der Waals surface area contributed by atoms with Crippen molar-refractivity contribution in [2.75, 3.05) is 44.9 Å². The molecule has 0 aliphatic rings. The fourth-order valence-corrected chi connectivity index (χ4v) is 1.67. The molecule has 5 heteroatoms. The second-order valence-corrected chi connectivity index (χ2v) is 4.68. The summed E-state index contributed by atoms with van der Waals surface area (Å²) < 4.78 is 16.0. The standard InChI is InChI=1S/C16H27NO4/c1-3-9-21-16-7-5-14(6-8-16)17-12-15(18)13-20-11-10-19-4-2/h5-8,15,17-18H,3-4,9-13H2,1-2H3. The number of ether oxygens (including phenoxy) is 3. The third-order valence-electron chi connectivity index (χ3n) is 2.76. The van der Waals surface area contributed by atoms with Crippen LogP contribution in [0.4, 0.5) is 5.69 Å². The molecule has 0 fully saturated rings. The molecule has 1 aromatic carbocycles. The number of benzene rings is 1. The van der Waals surface area contributed by atoms with Crippen molar-refractivity contribution < 1.29 is 19.3 Å². The molecule has 0 amide bonds. The van der Waals surface area contributed by atoms with E-state index in [0.29, 0.717) is 33.0 Å². The van der Waals surface area contributed by atoms with E-state index >= 15 is 0 Å². The van der Waals surface area contributed by atoms with Crippen LogP contribution in [0.15, 0.2) is 24.3 Å². The summed E-state index contributed by atoms with van der Waals surface area (Å²) in [4.78, 5) is 0. The summed E-state index contributed by atoms with van der Waals surface area (Å²) >= 11 is 0. The highest BCUT2D eigenvalue weighted by molar-refractivity contribution is 5.46. The Labute approximate surface area is 127 Å². The molecule has 0 bridgehead atoms. The molecule has 1 rings (SSSR count). The first-order valence-corrected chi connectivity index (χ1v) is 7.56. The van der Waals surface area contributed by atoms with Crippen molar-refractivity contribution in [3.8, 4) is 5.75 Å². The van der Waals surface area contributed by atoms with Gasteiger partial charge in [0, 0.05) is 18.8 Å². The van der Waals surface area contributed by atoms with Gasteiger partial charge in [0.2, 0.25) is 0 Å². The molecule has 1 aromatic rings. The first-order valence-electron chi connectivity index (χ1n) is 7.56. The topological polar surface area (TPSA) is 60.0 Å². The number of aliphatic hydroxyl groups is 1. The van der Waals surface area contributed by atoms with Crippen LogP contribution in [-0.2, 0) is 9.47 Å². The fourth-order valence-electron chi connectivity index (χ4n) is 1.67. The molecule has 0 spiro atoms. The normalized spacial score (nSPS) is 12.1. The largest absolute Gasteiger partial charge is 0.494 e. The van der Waals surface area contributed by atoms with Gasteiger partial charge in [-0.1, -0.05) is 6.92 Å². The van der Waals surface area contributed by atoms with E-state index in [9.17, 15) is 5.11 Å². The molecule has 0 aromatic heterocycles. The van der Waals surface area contributed by atoms with Crippen molar-refractivity contribution >= 4 is 5.69 Å². The van der Waals surface area contributed by atoms with E-state index in [1.165, 1.54) is 0 Å². The zero-order chi connectivity index (χ0) is 15.3. The lowest BCUT2D eigenvalue weighted by atomic mass is 10.3. The van der Waals surface area contributed by atoms with Crippen molar-refractivity contribution in [1.82, 2.24) is 0 Å². The van der Waals surface area contributed by atoms with Crippen LogP contribution in [0, 0.1) is 0 Å². The molecule has 1 unspecified atom stereocenters. The maximum absolute atomic E-state index is 9.78. The summed E-state index contributed by atoms with van der Waals surface area (Å²) in [6.45, 7) is 7.26. The SMILES string of the molecule is CCCOc1ccc(NCC(O)COCCOCC)cc1. The van der Waals surface area contributed by atoms with Crippen molar-refractivity contribution in [3.05, 3.63) is 24.3 Å². The monoisotopic (exact) mass is 297 g/mol. The Morgan fingerprint density at radius 1 is 1.05 bits per heavy atom. The minimum Gasteiger partial charge on any atom is -0.494 e. The first-order chi connectivity index (χ1) is 10.3. The molecule has 1 atom stereocenters. The summed E-state index contributed by atoms with van der Waals surface area (Å²) in [5.74, 6) is 0.863. The van der Waals surface area contributed by atoms with Crippen LogP contribution < -0.4 is 10.1 Å². The Kier molecular flexibility index (Phi) is 9.61. The van der Waals surface area contributed by atoms with Crippen molar-refractivity contribution in [2.45, 2.75) is 26.4 Å². The molecular formula is C16H27NO4. The van der Waals surface area contributed by atoms with Gasteiger partial charge in [0.15, 0.2) is 0 Å². The quantitative estimate of drug-likeness (QED) is 0.580. The lowest BCUT2D eigenvalue weighted by Gasteiger charge is -2.13. The minimum atomic E-state index is -0.539. The fraction of sp³-hybridized carbons (Fsp3) is 0.625. The smallest absolute Gasteiger partial charge is 0.119 e. The van der Waals surface area contributed by atoms with E-state index < -0.39 is 6.10 Å². The maximum Gasteiger partial charge on any atom is 0.119 e. The Balaban J connectivity index is 2.15. The van der Waals surface area contributed by atoms with Crippen molar-refractivity contribution in [1.29, 1.82) is 0 Å². The van der Waals surface area contributed by atoms with Crippen LogP contribution in [0.5, 0.6) is 5.75 Å². The zero-order valence-corrected chi connectivity index (χ0v) is 13.0. The number of hydrogen-bond acceptors (Lipinski definition) is 5. The highest BCUT2D eigenvalue weighted by Gasteiger charge is 2.04. The van der Waals surface area contributed by atoms with Crippen LogP contribution >= 0.6 is 0 Å². The third-order valence-corrected chi connectivity index (χ3v) is 2.76. The number of anilines is 1. The lowest BCUT2D eigenvalue weighted by Crippen LogP contribution is -2.25. The van der Waals surface area contributed by atoms with Gasteiger partial charge in [-0.05, 0) is 37.6 Å². The maximum atomic E-state index is 9.78. The first kappa shape index (κ1) is 17.8. The number of nitrogens with one attached hydrogen (secondary N) is 1. The van der Waals surface area contributed by atoms with Crippen LogP contribution in [0.25, 0.3) is 0 Å². The van der Waals surface area contributed by atoms with Crippen LogP contribution in [0.3, 0.4) is 0 Å². The predicted molar refractivity (Wildman–Crippen MR) is 84.0 cm³/mol. The molecule has 21 heavy (non-hydrogen) atoms. The molecule has 0 aliphatic heterocycles. The van der Waals surface area contributed by atoms with Gasteiger partial charge >= 0.3 is 0 Å². The highest BCUT2D eigenvalue weighted by Crippen LogP contribution is 2.15. The molecule has 0 saturated carbocycles. The van der Waals surface area contributed by atoms with Crippen molar-refractivity contribution in [2.24, 2.45) is 0 Å². The van der Waals surface area contributed by atoms with Gasteiger partial charge in [0.1, 0.15) is 5.75 Å². The van der Waals surface area contributed by atoms with Gasteiger partial charge in [0.05, 0.1) is 32.5 Å². The van der Waals surface area contributed by atoms with E-state index in [1.807, 2.05) is 31.2 Å². The summed E-state index contributed by atoms with van der Waals surface area (Å²) in [5.41, 5.74) is 0.951. The minimum absolute atomic E-state index is 0.303. The summed E-state index contributed by atoms with van der Waals surface area (Å²) in [7, 11) is 0. The molecule has 120 valence electrons. The molecule has 2 N–H and O–H groups in total. The average Bonchev–Trinajstić information content (AvgIpc) is 2.51. The van der Waals surface area contributed by atoms with Gasteiger partial charge in [-0.2, -0.15) is 0 Å². The Hall–Kier alpha value is -1.30. The number of aliphatic hydroxyl groups excluding tert-OH is 1. The number of rotatable bonds is 12.